The number of non-ortho nitro benzene ring substituents is 1. The van der Waals surface area contributed by atoms with Crippen molar-refractivity contribution in [3.8, 4) is 0 Å². The Morgan fingerprint density at radius 1 is 1.29 bits per heavy atom. The first kappa shape index (κ1) is 13.6. The van der Waals surface area contributed by atoms with E-state index in [1.807, 2.05) is 0 Å². The standard InChI is InChI=1S/C9H12N2O5S/c12-5-6-17(15,16)10-7-8-1-3-9(4-2-8)11(13)14/h1-4,10,12H,5-7H2. The van der Waals surface area contributed by atoms with E-state index >= 15 is 0 Å². The zero-order valence-corrected chi connectivity index (χ0v) is 9.68. The quantitative estimate of drug-likeness (QED) is 0.553. The zero-order chi connectivity index (χ0) is 12.9. The number of nitro groups is 1. The summed E-state index contributed by atoms with van der Waals surface area (Å²) in [7, 11) is -3.49. The fourth-order valence-electron chi connectivity index (χ4n) is 1.12. The molecule has 1 aromatic rings. The molecular weight excluding hydrogens is 248 g/mol. The maximum absolute atomic E-state index is 11.2. The highest BCUT2D eigenvalue weighted by Crippen LogP contribution is 2.11. The molecule has 17 heavy (non-hydrogen) atoms. The average Bonchev–Trinajstić information content (AvgIpc) is 2.27. The van der Waals surface area contributed by atoms with Crippen LogP contribution in [0, 0.1) is 10.1 Å². The van der Waals surface area contributed by atoms with Crippen molar-refractivity contribution in [1.82, 2.24) is 4.72 Å². The van der Waals surface area contributed by atoms with Gasteiger partial charge >= 0.3 is 0 Å². The van der Waals surface area contributed by atoms with Gasteiger partial charge in [-0.25, -0.2) is 13.1 Å². The van der Waals surface area contributed by atoms with Crippen molar-refractivity contribution in [3.63, 3.8) is 0 Å². The van der Waals surface area contributed by atoms with Crippen LogP contribution in [-0.4, -0.2) is 30.8 Å². The molecule has 0 amide bonds. The second kappa shape index (κ2) is 5.71. The molecule has 0 aliphatic heterocycles. The van der Waals surface area contributed by atoms with Gasteiger partial charge in [0, 0.05) is 18.7 Å². The van der Waals surface area contributed by atoms with Crippen LogP contribution in [0.3, 0.4) is 0 Å². The Labute approximate surface area is 98.3 Å². The molecule has 0 saturated carbocycles. The fraction of sp³-hybridized carbons (Fsp3) is 0.333. The summed E-state index contributed by atoms with van der Waals surface area (Å²) in [5.41, 5.74) is 0.559. The SMILES string of the molecule is O=[N+]([O-])c1ccc(CNS(=O)(=O)CCO)cc1. The highest BCUT2D eigenvalue weighted by atomic mass is 32.2. The van der Waals surface area contributed by atoms with Gasteiger partial charge in [-0.2, -0.15) is 0 Å². The summed E-state index contributed by atoms with van der Waals surface area (Å²) in [4.78, 5) is 9.85. The summed E-state index contributed by atoms with van der Waals surface area (Å²) in [6.07, 6.45) is 0. The molecule has 94 valence electrons. The Hall–Kier alpha value is -1.51. The van der Waals surface area contributed by atoms with Gasteiger partial charge < -0.3 is 5.11 Å². The number of nitrogens with one attached hydrogen (secondary N) is 1. The number of hydrogen-bond acceptors (Lipinski definition) is 5. The van der Waals surface area contributed by atoms with Gasteiger partial charge in [0.1, 0.15) is 0 Å². The third kappa shape index (κ3) is 4.47. The molecule has 0 aromatic heterocycles. The first-order valence-electron chi connectivity index (χ1n) is 4.76. The summed E-state index contributed by atoms with van der Waals surface area (Å²) >= 11 is 0. The lowest BCUT2D eigenvalue weighted by atomic mass is 10.2. The van der Waals surface area contributed by atoms with Gasteiger partial charge in [-0.3, -0.25) is 10.1 Å². The Morgan fingerprint density at radius 2 is 1.88 bits per heavy atom. The van der Waals surface area contributed by atoms with Gasteiger partial charge in [-0.1, -0.05) is 12.1 Å². The largest absolute Gasteiger partial charge is 0.395 e. The maximum atomic E-state index is 11.2. The number of aliphatic hydroxyl groups is 1. The summed E-state index contributed by atoms with van der Waals surface area (Å²) in [5, 5.41) is 18.9. The summed E-state index contributed by atoms with van der Waals surface area (Å²) in [6.45, 7) is -0.407. The molecule has 0 atom stereocenters. The van der Waals surface area contributed by atoms with E-state index < -0.39 is 21.6 Å². The van der Waals surface area contributed by atoms with Crippen LogP contribution < -0.4 is 4.72 Å². The van der Waals surface area contributed by atoms with E-state index in [1.165, 1.54) is 24.3 Å². The number of rotatable bonds is 6. The Kier molecular flexibility index (Phi) is 4.55. The Balaban J connectivity index is 2.62. The van der Waals surface area contributed by atoms with Gasteiger partial charge in [-0.15, -0.1) is 0 Å². The summed E-state index contributed by atoms with van der Waals surface area (Å²) in [5.74, 6) is -0.361. The average molecular weight is 260 g/mol. The molecule has 2 N–H and O–H groups in total. The van der Waals surface area contributed by atoms with Crippen molar-refractivity contribution in [1.29, 1.82) is 0 Å². The first-order valence-corrected chi connectivity index (χ1v) is 6.41. The molecule has 0 radical (unpaired) electrons. The van der Waals surface area contributed by atoms with E-state index in [4.69, 9.17) is 5.11 Å². The predicted octanol–water partition coefficient (Wildman–Crippen LogP) is 0.00650. The van der Waals surface area contributed by atoms with E-state index in [9.17, 15) is 18.5 Å². The van der Waals surface area contributed by atoms with Crippen molar-refractivity contribution in [2.75, 3.05) is 12.4 Å². The van der Waals surface area contributed by atoms with E-state index in [1.54, 1.807) is 0 Å². The molecule has 7 nitrogen and oxygen atoms in total. The van der Waals surface area contributed by atoms with Crippen LogP contribution in [-0.2, 0) is 16.6 Å². The minimum absolute atomic E-state index is 0.0420. The predicted molar refractivity (Wildman–Crippen MR) is 60.8 cm³/mol. The number of benzene rings is 1. The van der Waals surface area contributed by atoms with Crippen LogP contribution in [0.15, 0.2) is 24.3 Å². The number of sulfonamides is 1. The highest BCUT2D eigenvalue weighted by Gasteiger charge is 2.09. The van der Waals surface area contributed by atoms with Crippen molar-refractivity contribution >= 4 is 15.7 Å². The highest BCUT2D eigenvalue weighted by molar-refractivity contribution is 7.89. The van der Waals surface area contributed by atoms with Gasteiger partial charge in [0.2, 0.25) is 10.0 Å². The molecule has 0 aliphatic rings. The van der Waals surface area contributed by atoms with Crippen molar-refractivity contribution < 1.29 is 18.4 Å². The van der Waals surface area contributed by atoms with E-state index in [2.05, 4.69) is 4.72 Å². The van der Waals surface area contributed by atoms with Crippen LogP contribution in [0.5, 0.6) is 0 Å². The summed E-state index contributed by atoms with van der Waals surface area (Å²) < 4.78 is 24.7. The number of nitro benzene ring substituents is 1. The van der Waals surface area contributed by atoms with Crippen LogP contribution in [0.25, 0.3) is 0 Å². The smallest absolute Gasteiger partial charge is 0.269 e. The number of hydrogen-bond donors (Lipinski definition) is 2. The third-order valence-electron chi connectivity index (χ3n) is 2.00. The maximum Gasteiger partial charge on any atom is 0.269 e. The molecule has 0 aliphatic carbocycles. The second-order valence-corrected chi connectivity index (χ2v) is 5.21. The van der Waals surface area contributed by atoms with Crippen molar-refractivity contribution in [3.05, 3.63) is 39.9 Å². The molecular formula is C9H12N2O5S. The molecule has 0 heterocycles. The lowest BCUT2D eigenvalue weighted by Crippen LogP contribution is -2.27. The third-order valence-corrected chi connectivity index (χ3v) is 3.31. The molecule has 1 aromatic carbocycles. The lowest BCUT2D eigenvalue weighted by molar-refractivity contribution is -0.384. The molecule has 1 rings (SSSR count). The van der Waals surface area contributed by atoms with Gasteiger partial charge in [0.25, 0.3) is 5.69 Å². The van der Waals surface area contributed by atoms with Crippen molar-refractivity contribution in [2.24, 2.45) is 0 Å². The molecule has 0 fully saturated rings. The lowest BCUT2D eigenvalue weighted by Gasteiger charge is -2.04. The van der Waals surface area contributed by atoms with Crippen LogP contribution >= 0.6 is 0 Å². The van der Waals surface area contributed by atoms with Gasteiger partial charge in [0.15, 0.2) is 0 Å². The molecule has 8 heteroatoms. The first-order chi connectivity index (χ1) is 7.94. The van der Waals surface area contributed by atoms with Crippen molar-refractivity contribution in [2.45, 2.75) is 6.54 Å². The van der Waals surface area contributed by atoms with Crippen LogP contribution in [0.1, 0.15) is 5.56 Å². The minimum Gasteiger partial charge on any atom is -0.395 e. The van der Waals surface area contributed by atoms with E-state index in [0.717, 1.165) is 0 Å². The molecule has 0 spiro atoms. The van der Waals surface area contributed by atoms with Crippen LogP contribution in [0.4, 0.5) is 5.69 Å². The van der Waals surface area contributed by atoms with Crippen LogP contribution in [0.2, 0.25) is 0 Å². The molecule has 0 unspecified atom stereocenters. The number of aliphatic hydroxyl groups excluding tert-OH is 1. The normalized spacial score (nSPS) is 11.4. The molecule has 0 bridgehead atoms. The topological polar surface area (TPSA) is 110 Å². The fourth-order valence-corrected chi connectivity index (χ4v) is 1.89. The second-order valence-electron chi connectivity index (χ2n) is 3.29. The van der Waals surface area contributed by atoms with E-state index in [-0.39, 0.29) is 18.0 Å². The Bertz CT molecular complexity index is 483. The number of nitrogens with zero attached hydrogens (tertiary/aromatic N) is 1. The van der Waals surface area contributed by atoms with Gasteiger partial charge in [0.05, 0.1) is 17.3 Å². The molecule has 0 saturated heterocycles. The Morgan fingerprint density at radius 3 is 2.35 bits per heavy atom. The zero-order valence-electron chi connectivity index (χ0n) is 8.87. The minimum atomic E-state index is -3.49. The van der Waals surface area contributed by atoms with E-state index in [0.29, 0.717) is 5.56 Å². The van der Waals surface area contributed by atoms with Gasteiger partial charge in [-0.05, 0) is 5.56 Å². The monoisotopic (exact) mass is 260 g/mol. The summed E-state index contributed by atoms with van der Waals surface area (Å²) in [6, 6.07) is 5.55.